The minimum absolute atomic E-state index is 0.188. The van der Waals surface area contributed by atoms with Gasteiger partial charge >= 0.3 is 0 Å². The third-order valence-electron chi connectivity index (χ3n) is 4.07. The smallest absolute Gasteiger partial charge is 0.122 e. The normalized spacial score (nSPS) is 14.0. The number of nitrogens with zero attached hydrogens (tertiary/aromatic N) is 1. The Hall–Kier alpha value is -1.26. The van der Waals surface area contributed by atoms with Crippen LogP contribution in [0.25, 0.3) is 0 Å². The molecule has 0 spiro atoms. The van der Waals surface area contributed by atoms with Gasteiger partial charge in [0.25, 0.3) is 0 Å². The van der Waals surface area contributed by atoms with Crippen molar-refractivity contribution >= 4 is 0 Å². The van der Waals surface area contributed by atoms with Crippen LogP contribution in [0.2, 0.25) is 0 Å². The minimum Gasteiger partial charge on any atom is -0.497 e. The molecule has 120 valence electrons. The zero-order valence-electron chi connectivity index (χ0n) is 14.1. The summed E-state index contributed by atoms with van der Waals surface area (Å²) in [4.78, 5) is 2.43. The maximum atomic E-state index is 6.06. The molecule has 0 radical (unpaired) electrons. The van der Waals surface area contributed by atoms with E-state index in [1.54, 1.807) is 14.2 Å². The first-order valence-corrected chi connectivity index (χ1v) is 7.76. The van der Waals surface area contributed by atoms with Gasteiger partial charge < -0.3 is 15.2 Å². The van der Waals surface area contributed by atoms with Crippen LogP contribution in [0, 0.1) is 5.92 Å². The molecule has 0 fully saturated rings. The van der Waals surface area contributed by atoms with Crippen LogP contribution in [0.5, 0.6) is 11.5 Å². The molecule has 1 rings (SSSR count). The first kappa shape index (κ1) is 17.8. The third kappa shape index (κ3) is 4.90. The maximum Gasteiger partial charge on any atom is 0.122 e. The second kappa shape index (κ2) is 8.90. The van der Waals surface area contributed by atoms with Gasteiger partial charge in [-0.2, -0.15) is 0 Å². The van der Waals surface area contributed by atoms with Gasteiger partial charge in [-0.15, -0.1) is 0 Å². The van der Waals surface area contributed by atoms with Gasteiger partial charge in [0, 0.05) is 25.2 Å². The SMILES string of the molecule is CCC(C)CN(CC)C(CN)c1cc(OC)cc(OC)c1. The van der Waals surface area contributed by atoms with Gasteiger partial charge in [-0.25, -0.2) is 0 Å². The maximum absolute atomic E-state index is 6.06. The monoisotopic (exact) mass is 294 g/mol. The Morgan fingerprint density at radius 1 is 1.10 bits per heavy atom. The fraction of sp³-hybridized carbons (Fsp3) is 0.647. The second-order valence-corrected chi connectivity index (χ2v) is 5.50. The van der Waals surface area contributed by atoms with E-state index < -0.39 is 0 Å². The van der Waals surface area contributed by atoms with Crippen LogP contribution < -0.4 is 15.2 Å². The first-order valence-electron chi connectivity index (χ1n) is 7.76. The lowest BCUT2D eigenvalue weighted by molar-refractivity contribution is 0.182. The lowest BCUT2D eigenvalue weighted by Crippen LogP contribution is -2.36. The quantitative estimate of drug-likeness (QED) is 0.760. The average molecular weight is 294 g/mol. The van der Waals surface area contributed by atoms with Gasteiger partial charge in [0.1, 0.15) is 11.5 Å². The second-order valence-electron chi connectivity index (χ2n) is 5.50. The predicted molar refractivity (Wildman–Crippen MR) is 88.0 cm³/mol. The highest BCUT2D eigenvalue weighted by Crippen LogP contribution is 2.29. The van der Waals surface area contributed by atoms with Crippen molar-refractivity contribution in [2.75, 3.05) is 33.9 Å². The van der Waals surface area contributed by atoms with Gasteiger partial charge in [0.15, 0.2) is 0 Å². The summed E-state index contributed by atoms with van der Waals surface area (Å²) in [6, 6.07) is 6.19. The topological polar surface area (TPSA) is 47.7 Å². The highest BCUT2D eigenvalue weighted by molar-refractivity contribution is 5.40. The molecule has 4 heteroatoms. The summed E-state index contributed by atoms with van der Waals surface area (Å²) in [6.07, 6.45) is 1.18. The van der Waals surface area contributed by atoms with Crippen LogP contribution in [0.4, 0.5) is 0 Å². The Bertz CT molecular complexity index is 401. The van der Waals surface area contributed by atoms with Gasteiger partial charge in [-0.3, -0.25) is 4.90 Å². The molecule has 1 aromatic carbocycles. The van der Waals surface area contributed by atoms with E-state index in [9.17, 15) is 0 Å². The van der Waals surface area contributed by atoms with Gasteiger partial charge in [-0.05, 0) is 30.2 Å². The summed E-state index contributed by atoms with van der Waals surface area (Å²) in [5.41, 5.74) is 7.21. The molecular formula is C17H30N2O2. The summed E-state index contributed by atoms with van der Waals surface area (Å²) in [5.74, 6) is 2.27. The van der Waals surface area contributed by atoms with Crippen molar-refractivity contribution in [3.8, 4) is 11.5 Å². The number of likely N-dealkylation sites (N-methyl/N-ethyl adjacent to an activating group) is 1. The summed E-state index contributed by atoms with van der Waals surface area (Å²) < 4.78 is 10.7. The van der Waals surface area contributed by atoms with Crippen molar-refractivity contribution in [3.05, 3.63) is 23.8 Å². The minimum atomic E-state index is 0.188. The average Bonchev–Trinajstić information content (AvgIpc) is 2.53. The number of benzene rings is 1. The molecule has 2 atom stereocenters. The van der Waals surface area contributed by atoms with Crippen LogP contribution in [0.15, 0.2) is 18.2 Å². The highest BCUT2D eigenvalue weighted by atomic mass is 16.5. The van der Waals surface area contributed by atoms with Crippen LogP contribution >= 0.6 is 0 Å². The van der Waals surface area contributed by atoms with Crippen molar-refractivity contribution in [2.24, 2.45) is 11.7 Å². The molecule has 0 aliphatic rings. The number of hydrogen-bond acceptors (Lipinski definition) is 4. The number of hydrogen-bond donors (Lipinski definition) is 1. The fourth-order valence-electron chi connectivity index (χ4n) is 2.52. The lowest BCUT2D eigenvalue weighted by atomic mass is 10.0. The number of nitrogens with two attached hydrogens (primary N) is 1. The Balaban J connectivity index is 3.06. The van der Waals surface area contributed by atoms with Crippen molar-refractivity contribution in [3.63, 3.8) is 0 Å². The van der Waals surface area contributed by atoms with Gasteiger partial charge in [-0.1, -0.05) is 27.2 Å². The van der Waals surface area contributed by atoms with E-state index in [1.165, 1.54) is 6.42 Å². The van der Waals surface area contributed by atoms with E-state index in [1.807, 2.05) is 6.07 Å². The molecule has 21 heavy (non-hydrogen) atoms. The molecule has 4 nitrogen and oxygen atoms in total. The molecule has 1 aromatic rings. The van der Waals surface area contributed by atoms with E-state index in [0.717, 1.165) is 30.2 Å². The van der Waals surface area contributed by atoms with Crippen molar-refractivity contribution in [1.29, 1.82) is 0 Å². The summed E-state index contributed by atoms with van der Waals surface area (Å²) in [5, 5.41) is 0. The zero-order chi connectivity index (χ0) is 15.8. The Labute approximate surface area is 129 Å². The van der Waals surface area contributed by atoms with E-state index in [2.05, 4.69) is 37.8 Å². The van der Waals surface area contributed by atoms with Crippen molar-refractivity contribution < 1.29 is 9.47 Å². The molecule has 2 unspecified atom stereocenters. The van der Waals surface area contributed by atoms with Crippen LogP contribution in [0.3, 0.4) is 0 Å². The molecule has 0 saturated carbocycles. The summed E-state index contributed by atoms with van der Waals surface area (Å²) >= 11 is 0. The van der Waals surface area contributed by atoms with Gasteiger partial charge in [0.2, 0.25) is 0 Å². The predicted octanol–water partition coefficient (Wildman–Crippen LogP) is 3.07. The van der Waals surface area contributed by atoms with E-state index in [-0.39, 0.29) is 6.04 Å². The van der Waals surface area contributed by atoms with E-state index in [4.69, 9.17) is 15.2 Å². The third-order valence-corrected chi connectivity index (χ3v) is 4.07. The van der Waals surface area contributed by atoms with Crippen LogP contribution in [-0.4, -0.2) is 38.8 Å². The molecule has 0 saturated heterocycles. The lowest BCUT2D eigenvalue weighted by Gasteiger charge is -2.32. The molecule has 0 aromatic heterocycles. The highest BCUT2D eigenvalue weighted by Gasteiger charge is 2.20. The molecule has 0 aliphatic heterocycles. The number of methoxy groups -OCH3 is 2. The van der Waals surface area contributed by atoms with Crippen molar-refractivity contribution in [2.45, 2.75) is 33.2 Å². The Morgan fingerprint density at radius 3 is 2.05 bits per heavy atom. The first-order chi connectivity index (χ1) is 10.1. The fourth-order valence-corrected chi connectivity index (χ4v) is 2.52. The molecular weight excluding hydrogens is 264 g/mol. The Morgan fingerprint density at radius 2 is 1.67 bits per heavy atom. The number of rotatable bonds is 9. The molecule has 2 N–H and O–H groups in total. The van der Waals surface area contributed by atoms with E-state index in [0.29, 0.717) is 12.5 Å². The van der Waals surface area contributed by atoms with E-state index >= 15 is 0 Å². The standard InChI is InChI=1S/C17H30N2O2/c1-6-13(3)12-19(7-2)17(11-18)14-8-15(20-4)10-16(9-14)21-5/h8-10,13,17H,6-7,11-12,18H2,1-5H3. The summed E-state index contributed by atoms with van der Waals surface area (Å²) in [7, 11) is 3.35. The van der Waals surface area contributed by atoms with Crippen molar-refractivity contribution in [1.82, 2.24) is 4.90 Å². The molecule has 0 heterocycles. The molecule has 0 aliphatic carbocycles. The Kier molecular flexibility index (Phi) is 7.54. The number of ether oxygens (including phenoxy) is 2. The molecule has 0 bridgehead atoms. The zero-order valence-corrected chi connectivity index (χ0v) is 14.1. The summed E-state index contributed by atoms with van der Waals surface area (Å²) in [6.45, 7) is 9.30. The largest absolute Gasteiger partial charge is 0.497 e. The molecule has 0 amide bonds. The van der Waals surface area contributed by atoms with Gasteiger partial charge in [0.05, 0.1) is 14.2 Å². The van der Waals surface area contributed by atoms with Crippen LogP contribution in [-0.2, 0) is 0 Å². The van der Waals surface area contributed by atoms with Crippen LogP contribution in [0.1, 0.15) is 38.8 Å².